The fraction of sp³-hybridized carbons (Fsp3) is 0.533. The minimum atomic E-state index is -0.456. The summed E-state index contributed by atoms with van der Waals surface area (Å²) >= 11 is 0. The van der Waals surface area contributed by atoms with Gasteiger partial charge in [0.2, 0.25) is 0 Å². The van der Waals surface area contributed by atoms with Gasteiger partial charge in [-0.05, 0) is 30.5 Å². The van der Waals surface area contributed by atoms with Gasteiger partial charge in [0.05, 0.1) is 5.56 Å². The third-order valence-corrected chi connectivity index (χ3v) is 3.26. The molecule has 0 aliphatic heterocycles. The van der Waals surface area contributed by atoms with Crippen LogP contribution in [-0.4, -0.2) is 11.0 Å². The second-order valence-corrected chi connectivity index (χ2v) is 4.84. The lowest BCUT2D eigenvalue weighted by Gasteiger charge is -2.07. The molecule has 0 unspecified atom stereocenters. The number of aryl methyl sites for hydroxylation is 1. The maximum absolute atomic E-state index is 11.4. The zero-order valence-corrected chi connectivity index (χ0v) is 11.6. The van der Waals surface area contributed by atoms with Crippen molar-refractivity contribution in [1.29, 1.82) is 0 Å². The molecule has 0 saturated carbocycles. The predicted octanol–water partition coefficient (Wildman–Crippen LogP) is 2.90. The van der Waals surface area contributed by atoms with Gasteiger partial charge in [0, 0.05) is 0 Å². The lowest BCUT2D eigenvalue weighted by Crippen LogP contribution is -2.30. The van der Waals surface area contributed by atoms with Crippen LogP contribution in [0, 0.1) is 0 Å². The van der Waals surface area contributed by atoms with Crippen molar-refractivity contribution in [1.82, 2.24) is 5.43 Å². The topological polar surface area (TPSA) is 75.3 Å². The molecule has 19 heavy (non-hydrogen) atoms. The number of nitrogens with one attached hydrogen (secondary N) is 1. The Labute approximate surface area is 115 Å². The number of carbonyl (C=O) groups is 1. The Kier molecular flexibility index (Phi) is 6.97. The summed E-state index contributed by atoms with van der Waals surface area (Å²) in [5.41, 5.74) is 3.34. The van der Waals surface area contributed by atoms with Gasteiger partial charge in [-0.2, -0.15) is 0 Å². The Bertz CT molecular complexity index is 405. The molecular formula is C15H24N2O2. The highest BCUT2D eigenvalue weighted by Crippen LogP contribution is 2.19. The average molecular weight is 264 g/mol. The fourth-order valence-electron chi connectivity index (χ4n) is 2.11. The van der Waals surface area contributed by atoms with E-state index >= 15 is 0 Å². The van der Waals surface area contributed by atoms with Crippen LogP contribution in [0.15, 0.2) is 18.2 Å². The maximum atomic E-state index is 11.4. The standard InChI is InChI=1S/C15H24N2O2/c1-2-3-4-5-6-7-8-12-9-10-14(18)13(11-12)15(19)17-16/h9-11,18H,2-8,16H2,1H3,(H,17,19). The SMILES string of the molecule is CCCCCCCCc1ccc(O)c(C(=O)NN)c1. The van der Waals surface area contributed by atoms with E-state index in [4.69, 9.17) is 5.84 Å². The molecule has 1 amide bonds. The third kappa shape index (κ3) is 5.30. The van der Waals surface area contributed by atoms with Crippen LogP contribution in [-0.2, 0) is 6.42 Å². The zero-order valence-electron chi connectivity index (χ0n) is 11.6. The Balaban J connectivity index is 2.44. The summed E-state index contributed by atoms with van der Waals surface area (Å²) in [5.74, 6) is 4.59. The van der Waals surface area contributed by atoms with E-state index in [1.807, 2.05) is 11.5 Å². The molecule has 0 aliphatic carbocycles. The highest BCUT2D eigenvalue weighted by Gasteiger charge is 2.10. The quantitative estimate of drug-likeness (QED) is 0.292. The fourth-order valence-corrected chi connectivity index (χ4v) is 2.11. The van der Waals surface area contributed by atoms with E-state index < -0.39 is 5.91 Å². The van der Waals surface area contributed by atoms with Crippen LogP contribution in [0.2, 0.25) is 0 Å². The van der Waals surface area contributed by atoms with Crippen molar-refractivity contribution in [3.8, 4) is 5.75 Å². The summed E-state index contributed by atoms with van der Waals surface area (Å²) in [6.07, 6.45) is 8.37. The molecule has 0 aromatic heterocycles. The first-order valence-corrected chi connectivity index (χ1v) is 7.02. The Morgan fingerprint density at radius 1 is 1.21 bits per heavy atom. The molecule has 106 valence electrons. The number of phenolic OH excluding ortho intramolecular Hbond substituents is 1. The Morgan fingerprint density at radius 2 is 1.89 bits per heavy atom. The third-order valence-electron chi connectivity index (χ3n) is 3.26. The minimum absolute atomic E-state index is 0.0327. The lowest BCUT2D eigenvalue weighted by molar-refractivity contribution is 0.0951. The van der Waals surface area contributed by atoms with E-state index in [-0.39, 0.29) is 11.3 Å². The van der Waals surface area contributed by atoms with E-state index in [1.54, 1.807) is 12.1 Å². The van der Waals surface area contributed by atoms with Crippen molar-refractivity contribution in [3.05, 3.63) is 29.3 Å². The van der Waals surface area contributed by atoms with Crippen LogP contribution in [0.1, 0.15) is 61.4 Å². The summed E-state index contributed by atoms with van der Waals surface area (Å²) in [4.78, 5) is 11.4. The van der Waals surface area contributed by atoms with E-state index in [0.717, 1.165) is 18.4 Å². The second kappa shape index (κ2) is 8.53. The molecule has 0 spiro atoms. The van der Waals surface area contributed by atoms with Crippen molar-refractivity contribution < 1.29 is 9.90 Å². The number of amides is 1. The van der Waals surface area contributed by atoms with Crippen LogP contribution in [0.25, 0.3) is 0 Å². The molecule has 0 aliphatic rings. The number of unbranched alkanes of at least 4 members (excludes halogenated alkanes) is 5. The number of nitrogen functional groups attached to an aromatic ring is 1. The molecule has 4 N–H and O–H groups in total. The second-order valence-electron chi connectivity index (χ2n) is 4.84. The van der Waals surface area contributed by atoms with Crippen molar-refractivity contribution in [2.45, 2.75) is 51.9 Å². The van der Waals surface area contributed by atoms with Crippen LogP contribution in [0.5, 0.6) is 5.75 Å². The van der Waals surface area contributed by atoms with Crippen molar-refractivity contribution in [2.75, 3.05) is 0 Å². The first-order valence-electron chi connectivity index (χ1n) is 7.02. The molecule has 0 saturated heterocycles. The molecule has 0 atom stereocenters. The van der Waals surface area contributed by atoms with Crippen molar-refractivity contribution in [3.63, 3.8) is 0 Å². The first kappa shape index (κ1) is 15.5. The summed E-state index contributed by atoms with van der Waals surface area (Å²) in [6, 6.07) is 5.12. The van der Waals surface area contributed by atoms with Gasteiger partial charge in [0.1, 0.15) is 5.75 Å². The number of hydrogen-bond acceptors (Lipinski definition) is 3. The van der Waals surface area contributed by atoms with E-state index in [9.17, 15) is 9.90 Å². The van der Waals surface area contributed by atoms with E-state index in [1.165, 1.54) is 32.1 Å². The Morgan fingerprint density at radius 3 is 2.58 bits per heavy atom. The molecule has 1 rings (SSSR count). The van der Waals surface area contributed by atoms with Gasteiger partial charge in [0.25, 0.3) is 5.91 Å². The van der Waals surface area contributed by atoms with Crippen molar-refractivity contribution >= 4 is 5.91 Å². The number of nitrogens with two attached hydrogens (primary N) is 1. The van der Waals surface area contributed by atoms with Gasteiger partial charge in [-0.3, -0.25) is 10.2 Å². The molecule has 0 heterocycles. The van der Waals surface area contributed by atoms with Crippen LogP contribution in [0.4, 0.5) is 0 Å². The lowest BCUT2D eigenvalue weighted by atomic mass is 10.0. The van der Waals surface area contributed by atoms with Gasteiger partial charge < -0.3 is 5.11 Å². The van der Waals surface area contributed by atoms with E-state index in [2.05, 4.69) is 6.92 Å². The van der Waals surface area contributed by atoms with Gasteiger partial charge in [0.15, 0.2) is 0 Å². The van der Waals surface area contributed by atoms with Crippen LogP contribution < -0.4 is 11.3 Å². The number of rotatable bonds is 8. The van der Waals surface area contributed by atoms with Gasteiger partial charge in [-0.15, -0.1) is 0 Å². The molecule has 1 aromatic carbocycles. The normalized spacial score (nSPS) is 10.4. The summed E-state index contributed by atoms with van der Waals surface area (Å²) in [5, 5.41) is 9.59. The molecule has 1 aromatic rings. The molecule has 0 fully saturated rings. The van der Waals surface area contributed by atoms with Gasteiger partial charge in [-0.25, -0.2) is 5.84 Å². The summed E-state index contributed by atoms with van der Waals surface area (Å²) in [7, 11) is 0. The van der Waals surface area contributed by atoms with Crippen LogP contribution >= 0.6 is 0 Å². The highest BCUT2D eigenvalue weighted by atomic mass is 16.3. The number of hydrazine groups is 1. The molecule has 4 heteroatoms. The number of carbonyl (C=O) groups excluding carboxylic acids is 1. The number of aromatic hydroxyl groups is 1. The predicted molar refractivity (Wildman–Crippen MR) is 76.8 cm³/mol. The Hall–Kier alpha value is -1.55. The summed E-state index contributed by atoms with van der Waals surface area (Å²) < 4.78 is 0. The number of phenols is 1. The van der Waals surface area contributed by atoms with Crippen molar-refractivity contribution in [2.24, 2.45) is 5.84 Å². The van der Waals surface area contributed by atoms with Crippen LogP contribution in [0.3, 0.4) is 0 Å². The smallest absolute Gasteiger partial charge is 0.268 e. The number of benzene rings is 1. The number of hydrogen-bond donors (Lipinski definition) is 3. The monoisotopic (exact) mass is 264 g/mol. The molecular weight excluding hydrogens is 240 g/mol. The van der Waals surface area contributed by atoms with Gasteiger partial charge >= 0.3 is 0 Å². The maximum Gasteiger partial charge on any atom is 0.268 e. The van der Waals surface area contributed by atoms with Gasteiger partial charge in [-0.1, -0.05) is 45.1 Å². The zero-order chi connectivity index (χ0) is 14.1. The highest BCUT2D eigenvalue weighted by molar-refractivity contribution is 5.96. The largest absolute Gasteiger partial charge is 0.507 e. The minimum Gasteiger partial charge on any atom is -0.507 e. The first-order chi connectivity index (χ1) is 9.19. The molecule has 0 bridgehead atoms. The molecule has 0 radical (unpaired) electrons. The average Bonchev–Trinajstić information content (AvgIpc) is 2.43. The summed E-state index contributed by atoms with van der Waals surface area (Å²) in [6.45, 7) is 2.21. The van der Waals surface area contributed by atoms with E-state index in [0.29, 0.717) is 0 Å². The molecule has 4 nitrogen and oxygen atoms in total.